The Morgan fingerprint density at radius 2 is 1.68 bits per heavy atom. The number of halogens is 4. The summed E-state index contributed by atoms with van der Waals surface area (Å²) >= 11 is 0. The highest BCUT2D eigenvalue weighted by molar-refractivity contribution is 5.89. The molecule has 156 valence electrons. The van der Waals surface area contributed by atoms with E-state index in [0.29, 0.717) is 18.7 Å². The number of carbonyl (C=O) groups is 1. The molecule has 0 radical (unpaired) electrons. The molecular weight excluding hydrogens is 376 g/mol. The van der Waals surface area contributed by atoms with Crippen LogP contribution in [0.25, 0.3) is 0 Å². The number of rotatable bonds is 4. The van der Waals surface area contributed by atoms with Gasteiger partial charge in [-0.1, -0.05) is 6.42 Å². The smallest absolute Gasteiger partial charge is 0.320 e. The number of anilines is 1. The number of aromatic nitrogens is 2. The SMILES string of the molecule is Cn1nc(C2CCC(F)(F)CC2)c(C2CCC2)c1NC(=O)NC1CC(F)(F)C1. The Bertz CT molecular complexity index is 741. The molecule has 0 spiro atoms. The standard InChI is InChI=1S/C19H26F4N4O/c1-27-16(25-17(28)24-13-9-19(22,23)10-13)14(11-3-2-4-11)15(26-27)12-5-7-18(20,21)8-6-12/h11-13H,2-10H2,1H3,(H2,24,25,28). The summed E-state index contributed by atoms with van der Waals surface area (Å²) in [5.74, 6) is -4.52. The van der Waals surface area contributed by atoms with Crippen molar-refractivity contribution in [2.24, 2.45) is 7.05 Å². The van der Waals surface area contributed by atoms with Crippen molar-refractivity contribution < 1.29 is 22.4 Å². The van der Waals surface area contributed by atoms with Crippen molar-refractivity contribution >= 4 is 11.8 Å². The third kappa shape index (κ3) is 3.85. The first-order valence-corrected chi connectivity index (χ1v) is 10.0. The first-order valence-electron chi connectivity index (χ1n) is 10.0. The second kappa shape index (κ2) is 6.91. The van der Waals surface area contributed by atoms with Crippen molar-refractivity contribution in [2.45, 2.75) is 87.5 Å². The third-order valence-corrected chi connectivity index (χ3v) is 6.39. The second-order valence-corrected chi connectivity index (χ2v) is 8.59. The van der Waals surface area contributed by atoms with Crippen LogP contribution in [0.5, 0.6) is 0 Å². The number of urea groups is 1. The number of nitrogens with one attached hydrogen (secondary N) is 2. The molecule has 0 aromatic carbocycles. The van der Waals surface area contributed by atoms with E-state index < -0.39 is 23.9 Å². The predicted octanol–water partition coefficient (Wildman–Crippen LogP) is 4.90. The van der Waals surface area contributed by atoms with Gasteiger partial charge in [0.2, 0.25) is 5.92 Å². The van der Waals surface area contributed by atoms with Crippen LogP contribution in [0.1, 0.15) is 80.9 Å². The molecule has 2 amide bonds. The molecule has 0 saturated heterocycles. The summed E-state index contributed by atoms with van der Waals surface area (Å²) in [6, 6.07) is -1.05. The average molecular weight is 402 g/mol. The van der Waals surface area contributed by atoms with Gasteiger partial charge in [-0.3, -0.25) is 10.00 Å². The lowest BCUT2D eigenvalue weighted by atomic mass is 9.75. The zero-order chi connectivity index (χ0) is 20.1. The van der Waals surface area contributed by atoms with Crippen molar-refractivity contribution in [1.29, 1.82) is 0 Å². The molecule has 3 fully saturated rings. The van der Waals surface area contributed by atoms with Crippen LogP contribution < -0.4 is 10.6 Å². The first kappa shape index (κ1) is 19.5. The van der Waals surface area contributed by atoms with Gasteiger partial charge in [0.15, 0.2) is 0 Å². The number of aryl methyl sites for hydroxylation is 1. The summed E-state index contributed by atoms with van der Waals surface area (Å²) in [4.78, 5) is 12.3. The van der Waals surface area contributed by atoms with Gasteiger partial charge in [-0.2, -0.15) is 5.10 Å². The molecule has 2 N–H and O–H groups in total. The Morgan fingerprint density at radius 3 is 2.21 bits per heavy atom. The van der Waals surface area contributed by atoms with Gasteiger partial charge < -0.3 is 5.32 Å². The molecule has 0 bridgehead atoms. The molecule has 3 aliphatic carbocycles. The summed E-state index contributed by atoms with van der Waals surface area (Å²) in [5.41, 5.74) is 1.76. The minimum atomic E-state index is -2.70. The molecule has 0 atom stereocenters. The lowest BCUT2D eigenvalue weighted by Crippen LogP contribution is -2.51. The largest absolute Gasteiger partial charge is 0.335 e. The molecule has 0 aliphatic heterocycles. The number of amides is 2. The second-order valence-electron chi connectivity index (χ2n) is 8.59. The monoisotopic (exact) mass is 402 g/mol. The Kier molecular flexibility index (Phi) is 4.82. The van der Waals surface area contributed by atoms with Crippen molar-refractivity contribution in [1.82, 2.24) is 15.1 Å². The summed E-state index contributed by atoms with van der Waals surface area (Å²) in [7, 11) is 1.72. The van der Waals surface area contributed by atoms with Crippen molar-refractivity contribution in [2.75, 3.05) is 5.32 Å². The molecule has 28 heavy (non-hydrogen) atoms. The Balaban J connectivity index is 1.50. The third-order valence-electron chi connectivity index (χ3n) is 6.39. The van der Waals surface area contributed by atoms with E-state index in [1.807, 2.05) is 0 Å². The van der Waals surface area contributed by atoms with Crippen molar-refractivity contribution in [3.63, 3.8) is 0 Å². The Hall–Kier alpha value is -1.80. The molecule has 9 heteroatoms. The normalized spacial score (nSPS) is 25.0. The summed E-state index contributed by atoms with van der Waals surface area (Å²) < 4.78 is 54.7. The van der Waals surface area contributed by atoms with E-state index in [2.05, 4.69) is 15.7 Å². The zero-order valence-electron chi connectivity index (χ0n) is 15.9. The fraction of sp³-hybridized carbons (Fsp3) is 0.789. The van der Waals surface area contributed by atoms with Gasteiger partial charge in [0.05, 0.1) is 5.69 Å². The van der Waals surface area contributed by atoms with Crippen LogP contribution in [0.15, 0.2) is 0 Å². The van der Waals surface area contributed by atoms with E-state index in [1.54, 1.807) is 11.7 Å². The maximum Gasteiger partial charge on any atom is 0.320 e. The van der Waals surface area contributed by atoms with E-state index in [9.17, 15) is 22.4 Å². The van der Waals surface area contributed by atoms with Crippen LogP contribution in [-0.4, -0.2) is 33.7 Å². The summed E-state index contributed by atoms with van der Waals surface area (Å²) in [6.45, 7) is 0. The number of hydrogen-bond donors (Lipinski definition) is 2. The molecule has 4 rings (SSSR count). The quantitative estimate of drug-likeness (QED) is 0.704. The fourth-order valence-electron chi connectivity index (χ4n) is 4.52. The first-order chi connectivity index (χ1) is 13.1. The van der Waals surface area contributed by atoms with E-state index in [0.717, 1.165) is 30.5 Å². The molecule has 0 unspecified atom stereocenters. The van der Waals surface area contributed by atoms with Gasteiger partial charge in [-0.05, 0) is 31.6 Å². The maximum atomic E-state index is 13.6. The molecule has 5 nitrogen and oxygen atoms in total. The molecular formula is C19H26F4N4O. The minimum Gasteiger partial charge on any atom is -0.335 e. The molecule has 1 heterocycles. The minimum absolute atomic E-state index is 0.0367. The zero-order valence-corrected chi connectivity index (χ0v) is 15.9. The molecule has 1 aromatic rings. The van der Waals surface area contributed by atoms with E-state index in [-0.39, 0.29) is 37.5 Å². The van der Waals surface area contributed by atoms with Crippen LogP contribution in [0.3, 0.4) is 0 Å². The number of nitrogens with zero attached hydrogens (tertiary/aromatic N) is 2. The number of hydrogen-bond acceptors (Lipinski definition) is 2. The lowest BCUT2D eigenvalue weighted by Gasteiger charge is -2.35. The maximum absolute atomic E-state index is 13.6. The highest BCUT2D eigenvalue weighted by atomic mass is 19.3. The van der Waals surface area contributed by atoms with Gasteiger partial charge in [-0.25, -0.2) is 22.4 Å². The van der Waals surface area contributed by atoms with E-state index in [1.165, 1.54) is 0 Å². The van der Waals surface area contributed by atoms with Crippen molar-refractivity contribution in [3.05, 3.63) is 11.3 Å². The van der Waals surface area contributed by atoms with E-state index >= 15 is 0 Å². The van der Waals surface area contributed by atoms with Gasteiger partial charge in [-0.15, -0.1) is 0 Å². The van der Waals surface area contributed by atoms with Crippen LogP contribution >= 0.6 is 0 Å². The molecule has 1 aromatic heterocycles. The van der Waals surface area contributed by atoms with Crippen LogP contribution in [0.2, 0.25) is 0 Å². The number of alkyl halides is 4. The van der Waals surface area contributed by atoms with Gasteiger partial charge in [0.1, 0.15) is 5.82 Å². The molecule has 3 saturated carbocycles. The Morgan fingerprint density at radius 1 is 1.04 bits per heavy atom. The van der Waals surface area contributed by atoms with Crippen LogP contribution in [0.4, 0.5) is 28.2 Å². The topological polar surface area (TPSA) is 59.0 Å². The van der Waals surface area contributed by atoms with E-state index in [4.69, 9.17) is 0 Å². The predicted molar refractivity (Wildman–Crippen MR) is 96.1 cm³/mol. The fourth-order valence-corrected chi connectivity index (χ4v) is 4.52. The van der Waals surface area contributed by atoms with Crippen LogP contribution in [0, 0.1) is 0 Å². The molecule has 3 aliphatic rings. The number of carbonyl (C=O) groups excluding carboxylic acids is 1. The highest BCUT2D eigenvalue weighted by Gasteiger charge is 2.46. The summed E-state index contributed by atoms with van der Waals surface area (Å²) in [5, 5.41) is 9.95. The lowest BCUT2D eigenvalue weighted by molar-refractivity contribution is -0.0894. The Labute approximate surface area is 161 Å². The van der Waals surface area contributed by atoms with Crippen molar-refractivity contribution in [3.8, 4) is 0 Å². The van der Waals surface area contributed by atoms with Gasteiger partial charge >= 0.3 is 6.03 Å². The summed E-state index contributed by atoms with van der Waals surface area (Å²) in [6.07, 6.45) is 2.84. The average Bonchev–Trinajstić information content (AvgIpc) is 2.81. The van der Waals surface area contributed by atoms with Gasteiger partial charge in [0, 0.05) is 50.3 Å². The van der Waals surface area contributed by atoms with Crippen LogP contribution in [-0.2, 0) is 7.05 Å². The van der Waals surface area contributed by atoms with Gasteiger partial charge in [0.25, 0.3) is 5.92 Å². The highest BCUT2D eigenvalue weighted by Crippen LogP contribution is 2.48.